The van der Waals surface area contributed by atoms with E-state index in [1.54, 1.807) is 17.1 Å². The largest absolute Gasteiger partial charge is 0.381 e. The van der Waals surface area contributed by atoms with Crippen molar-refractivity contribution < 1.29 is 4.74 Å². The molecule has 4 aromatic heterocycles. The maximum Gasteiger partial charge on any atom is 0.187 e. The lowest BCUT2D eigenvalue weighted by atomic mass is 10.1. The van der Waals surface area contributed by atoms with Crippen LogP contribution in [0, 0.1) is 0 Å². The summed E-state index contributed by atoms with van der Waals surface area (Å²) < 4.78 is 9.21. The van der Waals surface area contributed by atoms with Crippen molar-refractivity contribution in [3.8, 4) is 5.69 Å². The van der Waals surface area contributed by atoms with Crippen molar-refractivity contribution in [3.63, 3.8) is 0 Å². The Labute approximate surface area is 170 Å². The predicted octanol–water partition coefficient (Wildman–Crippen LogP) is 2.23. The van der Waals surface area contributed by atoms with Crippen LogP contribution >= 0.6 is 0 Å². The summed E-state index contributed by atoms with van der Waals surface area (Å²) >= 11 is 0. The van der Waals surface area contributed by atoms with Gasteiger partial charge in [0, 0.05) is 31.2 Å². The quantitative estimate of drug-likeness (QED) is 0.491. The molecule has 1 N–H and O–H groups in total. The minimum absolute atomic E-state index is 0.402. The van der Waals surface area contributed by atoms with Crippen LogP contribution in [-0.4, -0.2) is 58.2 Å². The van der Waals surface area contributed by atoms with Gasteiger partial charge in [-0.1, -0.05) is 5.21 Å². The minimum atomic E-state index is 0.402. The van der Waals surface area contributed by atoms with Crippen LogP contribution in [0.2, 0.25) is 0 Å². The zero-order valence-electron chi connectivity index (χ0n) is 16.1. The topological polar surface area (TPSA) is 112 Å². The molecule has 0 aliphatic carbocycles. The molecule has 6 rings (SSSR count). The number of benzene rings is 1. The highest BCUT2D eigenvalue weighted by Gasteiger charge is 2.17. The second kappa shape index (κ2) is 6.99. The van der Waals surface area contributed by atoms with Crippen molar-refractivity contribution in [2.75, 3.05) is 13.2 Å². The molecule has 0 bridgehead atoms. The third-order valence-electron chi connectivity index (χ3n) is 5.49. The van der Waals surface area contributed by atoms with Gasteiger partial charge in [-0.2, -0.15) is 14.9 Å². The zero-order chi connectivity index (χ0) is 19.9. The van der Waals surface area contributed by atoms with E-state index in [4.69, 9.17) is 9.72 Å². The van der Waals surface area contributed by atoms with Gasteiger partial charge in [0.05, 0.1) is 35.8 Å². The van der Waals surface area contributed by atoms with Gasteiger partial charge in [-0.3, -0.25) is 9.78 Å². The zero-order valence-corrected chi connectivity index (χ0v) is 16.1. The summed E-state index contributed by atoms with van der Waals surface area (Å²) in [6, 6.07) is 6.36. The Morgan fingerprint density at radius 3 is 3.00 bits per heavy atom. The lowest BCUT2D eigenvalue weighted by Crippen LogP contribution is -2.19. The van der Waals surface area contributed by atoms with E-state index in [0.29, 0.717) is 29.5 Å². The van der Waals surface area contributed by atoms with Crippen molar-refractivity contribution in [3.05, 3.63) is 54.4 Å². The fourth-order valence-electron chi connectivity index (χ4n) is 3.88. The Morgan fingerprint density at radius 1 is 1.13 bits per heavy atom. The van der Waals surface area contributed by atoms with Gasteiger partial charge < -0.3 is 4.74 Å². The van der Waals surface area contributed by atoms with Gasteiger partial charge in [0.2, 0.25) is 0 Å². The smallest absolute Gasteiger partial charge is 0.187 e. The molecule has 10 nitrogen and oxygen atoms in total. The second-order valence-electron chi connectivity index (χ2n) is 7.49. The summed E-state index contributed by atoms with van der Waals surface area (Å²) in [5.74, 6) is 0.709. The molecule has 150 valence electrons. The van der Waals surface area contributed by atoms with Gasteiger partial charge >= 0.3 is 0 Å². The van der Waals surface area contributed by atoms with Crippen LogP contribution in [0.3, 0.4) is 0 Å². The van der Waals surface area contributed by atoms with Crippen LogP contribution < -0.4 is 0 Å². The highest BCUT2D eigenvalue weighted by Crippen LogP contribution is 2.22. The van der Waals surface area contributed by atoms with Gasteiger partial charge in [0.15, 0.2) is 11.2 Å². The maximum absolute atomic E-state index is 5.44. The molecule has 0 spiro atoms. The minimum Gasteiger partial charge on any atom is -0.381 e. The second-order valence-corrected chi connectivity index (χ2v) is 7.49. The molecule has 0 saturated carbocycles. The highest BCUT2D eigenvalue weighted by atomic mass is 16.5. The van der Waals surface area contributed by atoms with Crippen molar-refractivity contribution in [2.24, 2.45) is 0 Å². The summed E-state index contributed by atoms with van der Waals surface area (Å²) in [7, 11) is 0. The van der Waals surface area contributed by atoms with E-state index in [2.05, 4.69) is 36.8 Å². The fraction of sp³-hybridized carbons (Fsp3) is 0.300. The summed E-state index contributed by atoms with van der Waals surface area (Å²) in [5.41, 5.74) is 4.22. The van der Waals surface area contributed by atoms with Crippen molar-refractivity contribution in [1.29, 1.82) is 0 Å². The number of fused-ring (bicyclic) bond motifs is 2. The van der Waals surface area contributed by atoms with E-state index in [1.807, 2.05) is 29.1 Å². The normalized spacial score (nSPS) is 15.3. The molecule has 5 aromatic rings. The monoisotopic (exact) mass is 401 g/mol. The summed E-state index contributed by atoms with van der Waals surface area (Å²) in [6.07, 6.45) is 10.1. The number of aromatic nitrogens is 9. The first kappa shape index (κ1) is 17.2. The standard InChI is InChI=1S/C20H19N9O/c1-2-16(8-17-14(1)10-22-25-17)29-20-18(26-27-29)11-21-19(24-20)7-13-9-23-28(12-13)15-3-5-30-6-4-15/h1-2,8-12,15H,3-7H2,(H,22,25). The highest BCUT2D eigenvalue weighted by molar-refractivity contribution is 5.81. The van der Waals surface area contributed by atoms with Crippen LogP contribution in [-0.2, 0) is 11.2 Å². The predicted molar refractivity (Wildman–Crippen MR) is 108 cm³/mol. The molecule has 0 atom stereocenters. The Bertz CT molecular complexity index is 1330. The van der Waals surface area contributed by atoms with E-state index in [9.17, 15) is 0 Å². The summed E-state index contributed by atoms with van der Waals surface area (Å²) in [5, 5.41) is 21.1. The van der Waals surface area contributed by atoms with E-state index in [0.717, 1.165) is 48.2 Å². The molecule has 1 aromatic carbocycles. The van der Waals surface area contributed by atoms with E-state index in [1.165, 1.54) is 0 Å². The van der Waals surface area contributed by atoms with Crippen LogP contribution in [0.4, 0.5) is 0 Å². The Morgan fingerprint density at radius 2 is 2.07 bits per heavy atom. The van der Waals surface area contributed by atoms with Crippen molar-refractivity contribution in [1.82, 2.24) is 44.9 Å². The molecule has 1 aliphatic heterocycles. The summed E-state index contributed by atoms with van der Waals surface area (Å²) in [4.78, 5) is 9.21. The maximum atomic E-state index is 5.44. The van der Waals surface area contributed by atoms with Gasteiger partial charge in [-0.05, 0) is 36.6 Å². The Hall–Kier alpha value is -3.66. The average Bonchev–Trinajstić information content (AvgIpc) is 3.53. The van der Waals surface area contributed by atoms with Crippen LogP contribution in [0.5, 0.6) is 0 Å². The number of hydrogen-bond acceptors (Lipinski definition) is 7. The van der Waals surface area contributed by atoms with Gasteiger partial charge in [-0.25, -0.2) is 9.97 Å². The van der Waals surface area contributed by atoms with Crippen molar-refractivity contribution in [2.45, 2.75) is 25.3 Å². The number of hydrogen-bond donors (Lipinski definition) is 1. The third-order valence-corrected chi connectivity index (χ3v) is 5.49. The lowest BCUT2D eigenvalue weighted by molar-refractivity contribution is 0.0662. The molecule has 0 radical (unpaired) electrons. The Kier molecular flexibility index (Phi) is 4.01. The molecular weight excluding hydrogens is 382 g/mol. The fourth-order valence-corrected chi connectivity index (χ4v) is 3.88. The number of ether oxygens (including phenoxy) is 1. The Balaban J connectivity index is 1.30. The molecule has 30 heavy (non-hydrogen) atoms. The molecular formula is C20H19N9O. The lowest BCUT2D eigenvalue weighted by Gasteiger charge is -2.22. The molecule has 0 amide bonds. The van der Waals surface area contributed by atoms with Crippen LogP contribution in [0.25, 0.3) is 27.8 Å². The molecule has 1 saturated heterocycles. The molecule has 0 unspecified atom stereocenters. The van der Waals surface area contributed by atoms with Gasteiger partial charge in [-0.15, -0.1) is 5.10 Å². The van der Waals surface area contributed by atoms with Crippen LogP contribution in [0.1, 0.15) is 30.3 Å². The average molecular weight is 401 g/mol. The molecule has 1 fully saturated rings. The van der Waals surface area contributed by atoms with E-state index < -0.39 is 0 Å². The van der Waals surface area contributed by atoms with Crippen LogP contribution in [0.15, 0.2) is 43.0 Å². The van der Waals surface area contributed by atoms with Gasteiger partial charge in [0.1, 0.15) is 5.82 Å². The molecule has 10 heteroatoms. The summed E-state index contributed by atoms with van der Waals surface area (Å²) in [6.45, 7) is 1.59. The third kappa shape index (κ3) is 3.01. The number of nitrogens with zero attached hydrogens (tertiary/aromatic N) is 8. The van der Waals surface area contributed by atoms with E-state index in [-0.39, 0.29) is 0 Å². The first-order valence-corrected chi connectivity index (χ1v) is 9.95. The van der Waals surface area contributed by atoms with E-state index >= 15 is 0 Å². The van der Waals surface area contributed by atoms with Gasteiger partial charge in [0.25, 0.3) is 0 Å². The van der Waals surface area contributed by atoms with Crippen molar-refractivity contribution >= 4 is 22.1 Å². The molecule has 1 aliphatic rings. The SMILES string of the molecule is c1nn(C2CCOCC2)cc1Cc1ncc2nnn(-c3ccc4cn[nH]c4c3)c2n1. The molecule has 5 heterocycles. The number of H-pyrrole nitrogens is 1. The number of nitrogens with one attached hydrogen (secondary N) is 1. The first-order chi connectivity index (χ1) is 14.8. The first-order valence-electron chi connectivity index (χ1n) is 9.95. The number of aromatic amines is 1. The number of rotatable bonds is 4.